The summed E-state index contributed by atoms with van der Waals surface area (Å²) in [5.74, 6) is 0.891. The molecular formula is C25H23N3. The molecular weight excluding hydrogens is 342 g/mol. The van der Waals surface area contributed by atoms with Crippen LogP contribution in [0.15, 0.2) is 72.8 Å². The van der Waals surface area contributed by atoms with Crippen molar-refractivity contribution >= 4 is 22.7 Å². The Kier molecular flexibility index (Phi) is 3.83. The first-order valence-corrected chi connectivity index (χ1v) is 9.70. The van der Waals surface area contributed by atoms with Crippen LogP contribution in [0.4, 0.5) is 5.95 Å². The van der Waals surface area contributed by atoms with E-state index in [0.29, 0.717) is 0 Å². The highest BCUT2D eigenvalue weighted by Crippen LogP contribution is 2.37. The van der Waals surface area contributed by atoms with Gasteiger partial charge in [-0.25, -0.2) is 4.98 Å². The highest BCUT2D eigenvalue weighted by atomic mass is 15.2. The fraction of sp³-hybridized carbons (Fsp3) is 0.160. The molecule has 0 fully saturated rings. The van der Waals surface area contributed by atoms with E-state index in [2.05, 4.69) is 97.4 Å². The van der Waals surface area contributed by atoms with Gasteiger partial charge in [-0.05, 0) is 67.3 Å². The summed E-state index contributed by atoms with van der Waals surface area (Å²) in [6, 6.07) is 23.9. The van der Waals surface area contributed by atoms with E-state index in [4.69, 9.17) is 4.98 Å². The van der Waals surface area contributed by atoms with Gasteiger partial charge in [0.05, 0.1) is 17.1 Å². The van der Waals surface area contributed by atoms with Gasteiger partial charge in [-0.3, -0.25) is 4.57 Å². The second-order valence-electron chi connectivity index (χ2n) is 7.65. The van der Waals surface area contributed by atoms with Gasteiger partial charge in [-0.15, -0.1) is 0 Å². The Bertz CT molecular complexity index is 1210. The number of rotatable bonds is 2. The molecule has 3 nitrogen and oxygen atoms in total. The highest BCUT2D eigenvalue weighted by Gasteiger charge is 2.25. The molecule has 138 valence electrons. The maximum atomic E-state index is 4.87. The maximum absolute atomic E-state index is 4.87. The second-order valence-corrected chi connectivity index (χ2v) is 7.65. The number of benzene rings is 3. The van der Waals surface area contributed by atoms with Crippen molar-refractivity contribution in [1.29, 1.82) is 0 Å². The minimum atomic E-state index is 0.0980. The van der Waals surface area contributed by atoms with E-state index < -0.39 is 0 Å². The van der Waals surface area contributed by atoms with Crippen LogP contribution in [0.2, 0.25) is 0 Å². The Morgan fingerprint density at radius 1 is 0.857 bits per heavy atom. The first-order valence-electron chi connectivity index (χ1n) is 9.70. The van der Waals surface area contributed by atoms with E-state index in [9.17, 15) is 0 Å². The standard InChI is InChI=1S/C25H23N3/c1-16-8-11-19(12-9-16)24-15-22(20-13-10-17(2)18(3)14-20)27-25-26-21-6-4-5-7-23(21)28(24)25/h4-15,24H,1-3H3,(H,26,27). The number of nitrogens with one attached hydrogen (secondary N) is 1. The van der Waals surface area contributed by atoms with Crippen LogP contribution in [0.3, 0.4) is 0 Å². The number of allylic oxidation sites excluding steroid dienone is 1. The predicted octanol–water partition coefficient (Wildman–Crippen LogP) is 6.02. The minimum absolute atomic E-state index is 0.0980. The molecule has 0 saturated carbocycles. The van der Waals surface area contributed by atoms with Gasteiger partial charge in [-0.1, -0.05) is 54.1 Å². The quantitative estimate of drug-likeness (QED) is 0.471. The van der Waals surface area contributed by atoms with E-state index >= 15 is 0 Å². The number of nitrogens with zero attached hydrogens (tertiary/aromatic N) is 2. The zero-order chi connectivity index (χ0) is 19.3. The van der Waals surface area contributed by atoms with Crippen molar-refractivity contribution in [3.63, 3.8) is 0 Å². The maximum Gasteiger partial charge on any atom is 0.209 e. The van der Waals surface area contributed by atoms with Crippen molar-refractivity contribution < 1.29 is 0 Å². The van der Waals surface area contributed by atoms with E-state index in [1.165, 1.54) is 27.8 Å². The first kappa shape index (κ1) is 16.8. The Hall–Kier alpha value is -3.33. The molecule has 1 atom stereocenters. The number of aryl methyl sites for hydroxylation is 3. The summed E-state index contributed by atoms with van der Waals surface area (Å²) in [7, 11) is 0. The summed E-state index contributed by atoms with van der Waals surface area (Å²) in [6.07, 6.45) is 2.32. The van der Waals surface area contributed by atoms with Gasteiger partial charge in [0, 0.05) is 5.70 Å². The first-order chi connectivity index (χ1) is 13.6. The number of hydrogen-bond donors (Lipinski definition) is 1. The molecule has 0 bridgehead atoms. The third-order valence-corrected chi connectivity index (χ3v) is 5.68. The van der Waals surface area contributed by atoms with Crippen molar-refractivity contribution in [2.24, 2.45) is 0 Å². The van der Waals surface area contributed by atoms with E-state index in [-0.39, 0.29) is 6.04 Å². The molecule has 1 aliphatic rings. The third-order valence-electron chi connectivity index (χ3n) is 5.68. The summed E-state index contributed by atoms with van der Waals surface area (Å²) in [5.41, 5.74) is 9.59. The third kappa shape index (κ3) is 2.71. The number of para-hydroxylation sites is 2. The normalized spacial score (nSPS) is 15.8. The fourth-order valence-corrected chi connectivity index (χ4v) is 3.90. The fourth-order valence-electron chi connectivity index (χ4n) is 3.90. The van der Waals surface area contributed by atoms with Gasteiger partial charge in [0.2, 0.25) is 5.95 Å². The Morgan fingerprint density at radius 3 is 2.43 bits per heavy atom. The van der Waals surface area contributed by atoms with Crippen LogP contribution < -0.4 is 5.32 Å². The van der Waals surface area contributed by atoms with E-state index in [1.54, 1.807) is 0 Å². The highest BCUT2D eigenvalue weighted by molar-refractivity contribution is 5.85. The average molecular weight is 365 g/mol. The summed E-state index contributed by atoms with van der Waals surface area (Å²) in [4.78, 5) is 4.87. The molecule has 3 heteroatoms. The lowest BCUT2D eigenvalue weighted by Gasteiger charge is -2.27. The Morgan fingerprint density at radius 2 is 1.64 bits per heavy atom. The molecule has 0 amide bonds. The van der Waals surface area contributed by atoms with Crippen LogP contribution in [-0.2, 0) is 0 Å². The van der Waals surface area contributed by atoms with Crippen molar-refractivity contribution in [2.45, 2.75) is 26.8 Å². The van der Waals surface area contributed by atoms with Gasteiger partial charge in [-0.2, -0.15) is 0 Å². The summed E-state index contributed by atoms with van der Waals surface area (Å²) < 4.78 is 2.30. The van der Waals surface area contributed by atoms with Crippen LogP contribution in [0.5, 0.6) is 0 Å². The van der Waals surface area contributed by atoms with Crippen LogP contribution >= 0.6 is 0 Å². The minimum Gasteiger partial charge on any atom is -0.325 e. The zero-order valence-corrected chi connectivity index (χ0v) is 16.4. The molecule has 28 heavy (non-hydrogen) atoms. The lowest BCUT2D eigenvalue weighted by atomic mass is 9.98. The molecule has 3 aromatic carbocycles. The van der Waals surface area contributed by atoms with Crippen molar-refractivity contribution in [3.05, 3.63) is 101 Å². The molecule has 0 saturated heterocycles. The van der Waals surface area contributed by atoms with Crippen LogP contribution in [0, 0.1) is 20.8 Å². The Balaban J connectivity index is 1.71. The van der Waals surface area contributed by atoms with Crippen molar-refractivity contribution in [3.8, 4) is 0 Å². The summed E-state index contributed by atoms with van der Waals surface area (Å²) in [6.45, 7) is 6.44. The molecule has 1 N–H and O–H groups in total. The lowest BCUT2D eigenvalue weighted by molar-refractivity contribution is 0.720. The lowest BCUT2D eigenvalue weighted by Crippen LogP contribution is -2.19. The monoisotopic (exact) mass is 365 g/mol. The van der Waals surface area contributed by atoms with Crippen molar-refractivity contribution in [1.82, 2.24) is 9.55 Å². The van der Waals surface area contributed by atoms with Crippen LogP contribution in [0.25, 0.3) is 16.7 Å². The second kappa shape index (κ2) is 6.38. The summed E-state index contributed by atoms with van der Waals surface area (Å²) >= 11 is 0. The smallest absolute Gasteiger partial charge is 0.209 e. The van der Waals surface area contributed by atoms with Gasteiger partial charge in [0.25, 0.3) is 0 Å². The van der Waals surface area contributed by atoms with Crippen molar-refractivity contribution in [2.75, 3.05) is 5.32 Å². The average Bonchev–Trinajstić information content (AvgIpc) is 3.08. The molecule has 5 rings (SSSR count). The predicted molar refractivity (Wildman–Crippen MR) is 117 cm³/mol. The zero-order valence-electron chi connectivity index (χ0n) is 16.4. The molecule has 1 unspecified atom stereocenters. The molecule has 2 heterocycles. The number of fused-ring (bicyclic) bond motifs is 3. The molecule has 0 radical (unpaired) electrons. The topological polar surface area (TPSA) is 29.9 Å². The number of anilines is 1. The molecule has 1 aromatic heterocycles. The largest absolute Gasteiger partial charge is 0.325 e. The van der Waals surface area contributed by atoms with Crippen LogP contribution in [-0.4, -0.2) is 9.55 Å². The molecule has 1 aliphatic heterocycles. The van der Waals surface area contributed by atoms with E-state index in [1.807, 2.05) is 6.07 Å². The number of aromatic nitrogens is 2. The summed E-state index contributed by atoms with van der Waals surface area (Å²) in [5, 5.41) is 3.57. The van der Waals surface area contributed by atoms with Gasteiger partial charge in [0.1, 0.15) is 0 Å². The number of hydrogen-bond acceptors (Lipinski definition) is 2. The SMILES string of the molecule is Cc1ccc(C2C=C(c3ccc(C)c(C)c3)Nc3nc4ccccc4n32)cc1. The van der Waals surface area contributed by atoms with Gasteiger partial charge < -0.3 is 5.32 Å². The Labute approximate surface area is 165 Å². The molecule has 0 spiro atoms. The number of imidazole rings is 1. The molecule has 4 aromatic rings. The van der Waals surface area contributed by atoms with Crippen LogP contribution in [0.1, 0.15) is 33.9 Å². The van der Waals surface area contributed by atoms with Gasteiger partial charge in [0.15, 0.2) is 0 Å². The molecule has 0 aliphatic carbocycles. The van der Waals surface area contributed by atoms with E-state index in [0.717, 1.165) is 22.7 Å². The van der Waals surface area contributed by atoms with Gasteiger partial charge >= 0.3 is 0 Å².